The van der Waals surface area contributed by atoms with Crippen molar-refractivity contribution >= 4 is 46.2 Å². The van der Waals surface area contributed by atoms with Crippen molar-refractivity contribution in [1.82, 2.24) is 20.9 Å². The minimum atomic E-state index is -1.15. The van der Waals surface area contributed by atoms with Gasteiger partial charge in [-0.3, -0.25) is 19.2 Å². The third-order valence-corrected chi connectivity index (χ3v) is 7.86. The number of Topliss-reactive ketones (excluding diaryl/α,β-unsaturated/α-hetero) is 1. The molecule has 1 heterocycles. The van der Waals surface area contributed by atoms with Crippen LogP contribution in [0.5, 0.6) is 0 Å². The summed E-state index contributed by atoms with van der Waals surface area (Å²) in [7, 11) is 0. The highest BCUT2D eigenvalue weighted by Gasteiger charge is 2.33. The van der Waals surface area contributed by atoms with Crippen molar-refractivity contribution in [2.24, 2.45) is 11.8 Å². The number of hydrogen-bond donors (Lipinski definition) is 5. The van der Waals surface area contributed by atoms with Gasteiger partial charge in [0.15, 0.2) is 0 Å². The van der Waals surface area contributed by atoms with E-state index >= 15 is 0 Å². The van der Waals surface area contributed by atoms with Crippen LogP contribution in [0, 0.1) is 11.8 Å². The third-order valence-electron chi connectivity index (χ3n) is 7.86. The number of para-hydroxylation sites is 2. The minimum Gasteiger partial charge on any atom is -0.445 e. The second-order valence-electron chi connectivity index (χ2n) is 12.9. The van der Waals surface area contributed by atoms with Gasteiger partial charge >= 0.3 is 6.09 Å². The Balaban J connectivity index is 1.54. The lowest BCUT2D eigenvalue weighted by Crippen LogP contribution is -2.57. The van der Waals surface area contributed by atoms with Gasteiger partial charge in [0.25, 0.3) is 5.91 Å². The van der Waals surface area contributed by atoms with E-state index in [0.717, 1.165) is 22.0 Å². The van der Waals surface area contributed by atoms with E-state index in [1.807, 2.05) is 82.3 Å². The average molecular weight is 668 g/mol. The zero-order valence-electron chi connectivity index (χ0n) is 28.3. The number of benzene rings is 3. The molecule has 3 atom stereocenters. The molecule has 11 nitrogen and oxygen atoms in total. The number of ketones is 1. The number of rotatable bonds is 16. The van der Waals surface area contributed by atoms with Crippen LogP contribution in [0.2, 0.25) is 0 Å². The first-order chi connectivity index (χ1) is 23.5. The quantitative estimate of drug-likeness (QED) is 0.102. The molecule has 11 heteroatoms. The molecular formula is C38H45N5O6. The Bertz CT molecular complexity index is 1720. The molecular weight excluding hydrogens is 622 g/mol. The lowest BCUT2D eigenvalue weighted by atomic mass is 9.97. The van der Waals surface area contributed by atoms with Crippen LogP contribution in [0.4, 0.5) is 10.5 Å². The van der Waals surface area contributed by atoms with Crippen molar-refractivity contribution in [3.05, 3.63) is 102 Å². The highest BCUT2D eigenvalue weighted by molar-refractivity contribution is 6.42. The third kappa shape index (κ3) is 11.1. The number of fused-ring (bicyclic) bond motifs is 1. The van der Waals surface area contributed by atoms with Gasteiger partial charge in [0.2, 0.25) is 17.6 Å². The van der Waals surface area contributed by atoms with Crippen LogP contribution in [0.15, 0.2) is 91.1 Å². The lowest BCUT2D eigenvalue weighted by molar-refractivity contribution is -0.138. The van der Waals surface area contributed by atoms with Crippen LogP contribution < -0.4 is 21.3 Å². The molecule has 1 aromatic heterocycles. The lowest BCUT2D eigenvalue weighted by Gasteiger charge is -2.26. The van der Waals surface area contributed by atoms with Crippen molar-refractivity contribution in [2.75, 3.05) is 5.32 Å². The predicted molar refractivity (Wildman–Crippen MR) is 188 cm³/mol. The Labute approximate surface area is 286 Å². The number of nitrogens with one attached hydrogen (secondary N) is 5. The van der Waals surface area contributed by atoms with E-state index in [9.17, 15) is 24.0 Å². The zero-order valence-corrected chi connectivity index (χ0v) is 28.3. The van der Waals surface area contributed by atoms with Gasteiger partial charge in [-0.2, -0.15) is 0 Å². The molecule has 4 aromatic rings. The predicted octanol–water partition coefficient (Wildman–Crippen LogP) is 5.28. The molecule has 0 fully saturated rings. The highest BCUT2D eigenvalue weighted by Crippen LogP contribution is 2.20. The maximum Gasteiger partial charge on any atom is 0.408 e. The van der Waals surface area contributed by atoms with Gasteiger partial charge in [0, 0.05) is 29.2 Å². The fraction of sp³-hybridized carbons (Fsp3) is 0.342. The molecule has 0 aliphatic carbocycles. The van der Waals surface area contributed by atoms with Crippen molar-refractivity contribution in [3.63, 3.8) is 0 Å². The van der Waals surface area contributed by atoms with Gasteiger partial charge in [-0.15, -0.1) is 0 Å². The Morgan fingerprint density at radius 2 is 1.24 bits per heavy atom. The molecule has 0 bridgehead atoms. The van der Waals surface area contributed by atoms with Gasteiger partial charge in [0.1, 0.15) is 18.7 Å². The summed E-state index contributed by atoms with van der Waals surface area (Å²) in [5.74, 6) is -2.91. The van der Waals surface area contributed by atoms with Crippen LogP contribution in [-0.4, -0.2) is 52.7 Å². The van der Waals surface area contributed by atoms with Crippen LogP contribution in [0.25, 0.3) is 10.9 Å². The molecule has 4 amide bonds. The smallest absolute Gasteiger partial charge is 0.408 e. The zero-order chi connectivity index (χ0) is 35.3. The number of H-pyrrole nitrogens is 1. The van der Waals surface area contributed by atoms with E-state index in [1.165, 1.54) is 0 Å². The van der Waals surface area contributed by atoms with E-state index in [1.54, 1.807) is 36.5 Å². The highest BCUT2D eigenvalue weighted by atomic mass is 16.5. The molecule has 0 aliphatic rings. The fourth-order valence-electron chi connectivity index (χ4n) is 5.46. The molecule has 49 heavy (non-hydrogen) atoms. The summed E-state index contributed by atoms with van der Waals surface area (Å²) < 4.78 is 5.37. The maximum atomic E-state index is 14.0. The van der Waals surface area contributed by atoms with Crippen LogP contribution >= 0.6 is 0 Å². The standard InChI is InChI=1S/C38H45N5O6/c1-24(2)19-31(34(44)37(47)40-28-15-9-6-10-16-28)41-36(46)33(21-27-22-39-30-18-12-11-17-29(27)30)42-35(45)32(20-25(3)4)43-38(48)49-23-26-13-7-5-8-14-26/h5-18,22,24-25,31-33,39H,19-21,23H2,1-4H3,(H,40,47)(H,41,46)(H,42,45)(H,43,48)/t31-,32-,33-/m0/s1. The Morgan fingerprint density at radius 1 is 0.673 bits per heavy atom. The number of carbonyl (C=O) groups excluding carboxylic acids is 5. The van der Waals surface area contributed by atoms with E-state index < -0.39 is 47.7 Å². The molecule has 0 aliphatic heterocycles. The molecule has 0 radical (unpaired) electrons. The number of aromatic amines is 1. The number of alkyl carbamates (subject to hydrolysis) is 1. The number of anilines is 1. The van der Waals surface area contributed by atoms with Crippen LogP contribution in [0.1, 0.15) is 51.7 Å². The van der Waals surface area contributed by atoms with Gasteiger partial charge in [0.05, 0.1) is 6.04 Å². The number of carbonyl (C=O) groups is 5. The van der Waals surface area contributed by atoms with Crippen molar-refractivity contribution in [1.29, 1.82) is 0 Å². The summed E-state index contributed by atoms with van der Waals surface area (Å²) >= 11 is 0. The second kappa shape index (κ2) is 17.6. The van der Waals surface area contributed by atoms with Gasteiger partial charge in [-0.25, -0.2) is 4.79 Å². The van der Waals surface area contributed by atoms with Crippen molar-refractivity contribution in [3.8, 4) is 0 Å². The summed E-state index contributed by atoms with van der Waals surface area (Å²) in [4.78, 5) is 70.1. The number of aromatic nitrogens is 1. The fourth-order valence-corrected chi connectivity index (χ4v) is 5.46. The van der Waals surface area contributed by atoms with Gasteiger partial charge < -0.3 is 31.0 Å². The molecule has 0 spiro atoms. The second-order valence-corrected chi connectivity index (χ2v) is 12.9. The summed E-state index contributed by atoms with van der Waals surface area (Å²) in [5.41, 5.74) is 2.86. The van der Waals surface area contributed by atoms with Crippen LogP contribution in [-0.2, 0) is 36.9 Å². The van der Waals surface area contributed by atoms with Crippen LogP contribution in [0.3, 0.4) is 0 Å². The van der Waals surface area contributed by atoms with E-state index in [-0.39, 0.29) is 37.7 Å². The molecule has 258 valence electrons. The molecule has 4 rings (SSSR count). The van der Waals surface area contributed by atoms with Crippen molar-refractivity contribution in [2.45, 2.75) is 71.7 Å². The summed E-state index contributed by atoms with van der Waals surface area (Å²) in [6.45, 7) is 7.61. The molecule has 0 unspecified atom stereocenters. The topological polar surface area (TPSA) is 158 Å². The first-order valence-electron chi connectivity index (χ1n) is 16.5. The van der Waals surface area contributed by atoms with Gasteiger partial charge in [-0.05, 0) is 54.0 Å². The Hall–Kier alpha value is -5.45. The largest absolute Gasteiger partial charge is 0.445 e. The summed E-state index contributed by atoms with van der Waals surface area (Å²) in [6.07, 6.45) is 1.56. The Kier molecular flexibility index (Phi) is 13.1. The first-order valence-corrected chi connectivity index (χ1v) is 16.5. The molecule has 0 saturated heterocycles. The minimum absolute atomic E-state index is 0.0160. The SMILES string of the molecule is CC(C)C[C@H](NC(=O)OCc1ccccc1)C(=O)N[C@@H](Cc1c[nH]c2ccccc12)C(=O)N[C@@H](CC(C)C)C(=O)C(=O)Nc1ccccc1. The number of ether oxygens (including phenoxy) is 1. The summed E-state index contributed by atoms with van der Waals surface area (Å²) in [5, 5.41) is 11.7. The molecule has 0 saturated carbocycles. The van der Waals surface area contributed by atoms with Gasteiger partial charge in [-0.1, -0.05) is 94.4 Å². The number of amides is 4. The monoisotopic (exact) mass is 667 g/mol. The van der Waals surface area contributed by atoms with E-state index in [4.69, 9.17) is 4.74 Å². The van der Waals surface area contributed by atoms with E-state index in [0.29, 0.717) is 5.69 Å². The van der Waals surface area contributed by atoms with E-state index in [2.05, 4.69) is 26.3 Å². The normalized spacial score (nSPS) is 12.9. The first kappa shape index (κ1) is 36.4. The summed E-state index contributed by atoms with van der Waals surface area (Å²) in [6, 6.07) is 22.0. The molecule has 5 N–H and O–H groups in total. The van der Waals surface area contributed by atoms with Crippen molar-refractivity contribution < 1.29 is 28.7 Å². The number of hydrogen-bond acceptors (Lipinski definition) is 6. The maximum absolute atomic E-state index is 14.0. The Morgan fingerprint density at radius 3 is 1.92 bits per heavy atom. The molecule has 3 aromatic carbocycles. The average Bonchev–Trinajstić information content (AvgIpc) is 3.49.